The van der Waals surface area contributed by atoms with Crippen LogP contribution in [0.2, 0.25) is 5.02 Å². The number of fused-ring (bicyclic) bond motifs is 14. The highest BCUT2D eigenvalue weighted by Gasteiger charge is 2.53. The van der Waals surface area contributed by atoms with Crippen molar-refractivity contribution in [3.63, 3.8) is 0 Å². The number of hydrogen-bond acceptors (Lipinski definition) is 7. The zero-order valence-corrected chi connectivity index (χ0v) is 21.6. The van der Waals surface area contributed by atoms with Gasteiger partial charge in [-0.2, -0.15) is 0 Å². The number of nitrogen functional groups attached to an aromatic ring is 1. The number of para-hydroxylation sites is 1. The Hall–Kier alpha value is -4.85. The largest absolute Gasteiger partial charge is 0.451 e. The zero-order valence-electron chi connectivity index (χ0n) is 20.8. The molecule has 7 nitrogen and oxygen atoms in total. The molecule has 8 heteroatoms. The van der Waals surface area contributed by atoms with Crippen LogP contribution >= 0.6 is 11.6 Å². The third-order valence-electron chi connectivity index (χ3n) is 8.60. The first kappa shape index (κ1) is 21.0. The first-order valence-electron chi connectivity index (χ1n) is 13.1. The van der Waals surface area contributed by atoms with Crippen LogP contribution in [0.3, 0.4) is 0 Å². The Morgan fingerprint density at radius 3 is 2.55 bits per heavy atom. The summed E-state index contributed by atoms with van der Waals surface area (Å²) in [6.07, 6.45) is 0. The van der Waals surface area contributed by atoms with Crippen LogP contribution < -0.4 is 21.1 Å². The Labute approximate surface area is 231 Å². The lowest BCUT2D eigenvalue weighted by molar-refractivity contribution is 0.483. The quantitative estimate of drug-likeness (QED) is 0.103. The molecule has 0 saturated carbocycles. The summed E-state index contributed by atoms with van der Waals surface area (Å²) in [5, 5.41) is 9.34. The van der Waals surface area contributed by atoms with Gasteiger partial charge in [-0.05, 0) is 41.0 Å². The van der Waals surface area contributed by atoms with Crippen LogP contribution in [0, 0.1) is 0 Å². The molecule has 0 bridgehead atoms. The van der Waals surface area contributed by atoms with E-state index in [0.717, 1.165) is 50.9 Å². The van der Waals surface area contributed by atoms with Crippen molar-refractivity contribution in [2.24, 2.45) is 0 Å². The van der Waals surface area contributed by atoms with Gasteiger partial charge in [-0.25, -0.2) is 9.97 Å². The predicted octanol–water partition coefficient (Wildman–Crippen LogP) is 7.59. The SMILES string of the molecule is Nc1c2c(c(Cl)c3nc4ccc5nc6ccccc6c5c4oc13)Oc1c(ccc3c1-c1ccccc1C31CN1)N2. The van der Waals surface area contributed by atoms with Crippen LogP contribution in [0.1, 0.15) is 11.1 Å². The van der Waals surface area contributed by atoms with Crippen LogP contribution in [0.5, 0.6) is 11.5 Å². The highest BCUT2D eigenvalue weighted by atomic mass is 35.5. The van der Waals surface area contributed by atoms with Gasteiger partial charge in [-0.1, -0.05) is 60.1 Å². The minimum Gasteiger partial charge on any atom is -0.451 e. The second-order valence-electron chi connectivity index (χ2n) is 10.7. The molecule has 1 saturated heterocycles. The van der Waals surface area contributed by atoms with E-state index < -0.39 is 0 Å². The van der Waals surface area contributed by atoms with Gasteiger partial charge in [0.1, 0.15) is 27.4 Å². The third kappa shape index (κ3) is 2.37. The maximum absolute atomic E-state index is 7.04. The number of nitrogens with zero attached hydrogens (tertiary/aromatic N) is 2. The first-order valence-corrected chi connectivity index (χ1v) is 13.5. The molecule has 4 heterocycles. The molecule has 5 aromatic carbocycles. The van der Waals surface area contributed by atoms with Crippen LogP contribution in [-0.4, -0.2) is 16.5 Å². The standard InChI is InChI=1S/C32H18ClN5O2/c33-24-26-31(40-29-21(37-26)12-11-19-23(29)15-6-2-4-8-18(15)36-19)25(34)27-30(24)39-28-20(38-27)10-9-17-22(28)14-5-1-3-7-16(14)32(17)13-35-32/h1-12,35,38H,13,34H2. The molecular formula is C32H18ClN5O2. The first-order chi connectivity index (χ1) is 19.6. The summed E-state index contributed by atoms with van der Waals surface area (Å²) in [6, 6.07) is 24.5. The van der Waals surface area contributed by atoms with Crippen LogP contribution in [-0.2, 0) is 5.54 Å². The molecule has 0 amide bonds. The molecule has 0 radical (unpaired) electrons. The Bertz CT molecular complexity index is 2320. The van der Waals surface area contributed by atoms with Gasteiger partial charge in [0, 0.05) is 17.5 Å². The number of nitrogens with one attached hydrogen (secondary N) is 2. The number of halogens is 1. The lowest BCUT2D eigenvalue weighted by Gasteiger charge is -2.26. The van der Waals surface area contributed by atoms with Crippen molar-refractivity contribution in [2.45, 2.75) is 5.54 Å². The fourth-order valence-corrected chi connectivity index (χ4v) is 6.94. The molecule has 3 aliphatic rings. The van der Waals surface area contributed by atoms with Gasteiger partial charge in [0.2, 0.25) is 0 Å². The van der Waals surface area contributed by atoms with Gasteiger partial charge >= 0.3 is 0 Å². The van der Waals surface area contributed by atoms with E-state index in [1.54, 1.807) is 0 Å². The minimum atomic E-state index is -0.151. The molecule has 2 aromatic heterocycles. The predicted molar refractivity (Wildman–Crippen MR) is 158 cm³/mol. The van der Waals surface area contributed by atoms with Gasteiger partial charge in [0.15, 0.2) is 22.7 Å². The smallest absolute Gasteiger partial charge is 0.180 e. The van der Waals surface area contributed by atoms with Gasteiger partial charge < -0.3 is 25.5 Å². The molecule has 1 atom stereocenters. The van der Waals surface area contributed by atoms with Crippen LogP contribution in [0.15, 0.2) is 77.2 Å². The molecule has 7 aromatic rings. The number of ether oxygens (including phenoxy) is 1. The maximum atomic E-state index is 7.04. The minimum absolute atomic E-state index is 0.151. The maximum Gasteiger partial charge on any atom is 0.180 e. The van der Waals surface area contributed by atoms with E-state index in [9.17, 15) is 0 Å². The van der Waals surface area contributed by atoms with Crippen molar-refractivity contribution in [1.82, 2.24) is 15.3 Å². The molecule has 4 N–H and O–H groups in total. The fraction of sp³-hybridized carbons (Fsp3) is 0.0625. The molecule has 1 spiro atoms. The van der Waals surface area contributed by atoms with E-state index in [0.29, 0.717) is 44.3 Å². The summed E-state index contributed by atoms with van der Waals surface area (Å²) in [7, 11) is 0. The van der Waals surface area contributed by atoms with E-state index in [1.807, 2.05) is 42.5 Å². The summed E-state index contributed by atoms with van der Waals surface area (Å²) in [6.45, 7) is 0.901. The van der Waals surface area contributed by atoms with Gasteiger partial charge in [-0.3, -0.25) is 0 Å². The lowest BCUT2D eigenvalue weighted by atomic mass is 9.96. The molecule has 1 unspecified atom stereocenters. The number of anilines is 3. The van der Waals surface area contributed by atoms with Gasteiger partial charge in [-0.15, -0.1) is 0 Å². The monoisotopic (exact) mass is 539 g/mol. The normalized spacial score (nSPS) is 18.0. The molecule has 10 rings (SSSR count). The average Bonchev–Trinajstić information content (AvgIpc) is 3.63. The van der Waals surface area contributed by atoms with Crippen molar-refractivity contribution >= 4 is 72.7 Å². The third-order valence-corrected chi connectivity index (χ3v) is 8.95. The lowest BCUT2D eigenvalue weighted by Crippen LogP contribution is -2.12. The molecular weight excluding hydrogens is 522 g/mol. The second kappa shape index (κ2) is 6.83. The van der Waals surface area contributed by atoms with E-state index in [4.69, 9.17) is 36.5 Å². The van der Waals surface area contributed by atoms with E-state index in [2.05, 4.69) is 41.0 Å². The highest BCUT2D eigenvalue weighted by Crippen LogP contribution is 2.61. The Kier molecular flexibility index (Phi) is 3.59. The molecule has 40 heavy (non-hydrogen) atoms. The Morgan fingerprint density at radius 2 is 1.65 bits per heavy atom. The van der Waals surface area contributed by atoms with E-state index >= 15 is 0 Å². The molecule has 1 fully saturated rings. The Morgan fingerprint density at radius 1 is 0.825 bits per heavy atom. The number of rotatable bonds is 0. The molecule has 2 aliphatic heterocycles. The molecule has 190 valence electrons. The highest BCUT2D eigenvalue weighted by molar-refractivity contribution is 6.38. The summed E-state index contributed by atoms with van der Waals surface area (Å²) in [4.78, 5) is 9.69. The van der Waals surface area contributed by atoms with Crippen LogP contribution in [0.25, 0.3) is 55.1 Å². The van der Waals surface area contributed by atoms with Crippen molar-refractivity contribution < 1.29 is 9.15 Å². The van der Waals surface area contributed by atoms with E-state index in [-0.39, 0.29) is 5.54 Å². The number of hydrogen-bond donors (Lipinski definition) is 3. The van der Waals surface area contributed by atoms with Crippen molar-refractivity contribution in [1.29, 1.82) is 0 Å². The van der Waals surface area contributed by atoms with Crippen molar-refractivity contribution in [2.75, 3.05) is 17.6 Å². The average molecular weight is 540 g/mol. The topological polar surface area (TPSA) is 108 Å². The number of benzene rings is 5. The summed E-state index contributed by atoms with van der Waals surface area (Å²) in [5.41, 5.74) is 17.0. The number of aromatic nitrogens is 2. The van der Waals surface area contributed by atoms with Gasteiger partial charge in [0.05, 0.1) is 27.6 Å². The summed E-state index contributed by atoms with van der Waals surface area (Å²) < 4.78 is 13.2. The Balaban J connectivity index is 1.23. The second-order valence-corrected chi connectivity index (χ2v) is 11.0. The number of nitrogens with two attached hydrogens (primary N) is 1. The summed E-state index contributed by atoms with van der Waals surface area (Å²) >= 11 is 7.04. The van der Waals surface area contributed by atoms with Crippen molar-refractivity contribution in [3.8, 4) is 22.6 Å². The fourth-order valence-electron chi connectivity index (χ4n) is 6.68. The van der Waals surface area contributed by atoms with E-state index in [1.165, 1.54) is 11.1 Å². The van der Waals surface area contributed by atoms with Crippen LogP contribution in [0.4, 0.5) is 17.1 Å². The van der Waals surface area contributed by atoms with Crippen molar-refractivity contribution in [3.05, 3.63) is 88.9 Å². The van der Waals surface area contributed by atoms with Gasteiger partial charge in [0.25, 0.3) is 0 Å². The molecule has 1 aliphatic carbocycles. The summed E-state index contributed by atoms with van der Waals surface area (Å²) in [5.74, 6) is 1.18. The zero-order chi connectivity index (χ0) is 26.3.